The summed E-state index contributed by atoms with van der Waals surface area (Å²) in [6.45, 7) is 11.7. The van der Waals surface area contributed by atoms with Crippen LogP contribution in [-0.2, 0) is 20.4 Å². The second-order valence-corrected chi connectivity index (χ2v) is 6.67. The summed E-state index contributed by atoms with van der Waals surface area (Å²) in [5, 5.41) is 10.6. The molecule has 0 spiro atoms. The average molecular weight is 463 g/mol. The van der Waals surface area contributed by atoms with Crippen LogP contribution in [0, 0.1) is 10.1 Å². The largest absolute Gasteiger partial charge is 0.514 e. The number of ether oxygens (including phenoxy) is 2. The van der Waals surface area contributed by atoms with E-state index in [0.29, 0.717) is 11.3 Å². The molecule has 10 heteroatoms. The van der Waals surface area contributed by atoms with Crippen LogP contribution in [0.2, 0.25) is 0 Å². The number of nitro benzene ring substituents is 1. The van der Waals surface area contributed by atoms with Gasteiger partial charge < -0.3 is 14.0 Å². The van der Waals surface area contributed by atoms with Crippen molar-refractivity contribution in [3.05, 3.63) is 89.5 Å². The van der Waals surface area contributed by atoms with Crippen molar-refractivity contribution in [1.82, 2.24) is 0 Å². The van der Waals surface area contributed by atoms with Crippen molar-refractivity contribution in [1.29, 1.82) is 0 Å². The maximum Gasteiger partial charge on any atom is 0.514 e. The van der Waals surface area contributed by atoms with Gasteiger partial charge >= 0.3 is 14.8 Å². The first kappa shape index (κ1) is 26.8. The standard InChI is InChI=1S/C20H20NO8P.C2H6/c1-3-13-26-30(27-14-4-2)29-19-9-5-16(6-10-19)15-25-20(22)28-18-11-7-17(8-12-18)21(23)24;1-2/h3-12H,1-2,13-15H2;1-2H3. The number of hydrogen-bond acceptors (Lipinski definition) is 8. The molecule has 0 bridgehead atoms. The zero-order valence-corrected chi connectivity index (χ0v) is 18.9. The summed E-state index contributed by atoms with van der Waals surface area (Å²) in [5.74, 6) is 0.660. The van der Waals surface area contributed by atoms with Gasteiger partial charge in [0.25, 0.3) is 5.69 Å². The van der Waals surface area contributed by atoms with Crippen LogP contribution in [0.1, 0.15) is 19.4 Å². The van der Waals surface area contributed by atoms with Crippen LogP contribution < -0.4 is 9.26 Å². The van der Waals surface area contributed by atoms with Gasteiger partial charge in [-0.2, -0.15) is 0 Å². The van der Waals surface area contributed by atoms with Crippen LogP contribution in [0.15, 0.2) is 73.8 Å². The zero-order valence-electron chi connectivity index (χ0n) is 18.0. The lowest BCUT2D eigenvalue weighted by atomic mass is 10.2. The molecule has 0 aliphatic heterocycles. The molecule has 0 unspecified atom stereocenters. The van der Waals surface area contributed by atoms with Gasteiger partial charge in [-0.3, -0.25) is 19.2 Å². The molecule has 32 heavy (non-hydrogen) atoms. The van der Waals surface area contributed by atoms with Gasteiger partial charge in [0.15, 0.2) is 0 Å². The van der Waals surface area contributed by atoms with Gasteiger partial charge in [0.05, 0.1) is 18.1 Å². The summed E-state index contributed by atoms with van der Waals surface area (Å²) in [4.78, 5) is 21.8. The Kier molecular flexibility index (Phi) is 13.0. The quantitative estimate of drug-likeness (QED) is 0.0895. The van der Waals surface area contributed by atoms with E-state index in [9.17, 15) is 14.9 Å². The van der Waals surface area contributed by atoms with Crippen LogP contribution in [-0.4, -0.2) is 24.3 Å². The Morgan fingerprint density at radius 1 is 0.969 bits per heavy atom. The van der Waals surface area contributed by atoms with Gasteiger partial charge in [0.1, 0.15) is 18.1 Å². The van der Waals surface area contributed by atoms with Crippen molar-refractivity contribution >= 4 is 20.4 Å². The van der Waals surface area contributed by atoms with E-state index in [1.165, 1.54) is 24.3 Å². The second-order valence-electron chi connectivity index (χ2n) is 5.52. The Labute approximate surface area is 188 Å². The summed E-state index contributed by atoms with van der Waals surface area (Å²) in [6, 6.07) is 11.9. The highest BCUT2D eigenvalue weighted by molar-refractivity contribution is 7.42. The highest BCUT2D eigenvalue weighted by Crippen LogP contribution is 2.40. The van der Waals surface area contributed by atoms with E-state index in [1.54, 1.807) is 36.4 Å². The minimum Gasteiger partial charge on any atom is -0.429 e. The first-order chi connectivity index (χ1) is 15.5. The normalized spacial score (nSPS) is 9.84. The van der Waals surface area contributed by atoms with Crippen molar-refractivity contribution in [2.24, 2.45) is 0 Å². The molecule has 2 rings (SSSR count). The molecule has 0 saturated heterocycles. The fourth-order valence-electron chi connectivity index (χ4n) is 1.95. The van der Waals surface area contributed by atoms with Crippen LogP contribution in [0.4, 0.5) is 10.5 Å². The van der Waals surface area contributed by atoms with Crippen molar-refractivity contribution in [2.45, 2.75) is 20.5 Å². The monoisotopic (exact) mass is 463 g/mol. The Hall–Kier alpha value is -3.26. The van der Waals surface area contributed by atoms with Crippen molar-refractivity contribution in [3.8, 4) is 11.5 Å². The molecular weight excluding hydrogens is 437 g/mol. The third kappa shape index (κ3) is 10.2. The number of non-ortho nitro benzene ring substituents is 1. The molecule has 0 atom stereocenters. The number of rotatable bonds is 12. The molecule has 0 radical (unpaired) electrons. The molecule has 0 aromatic heterocycles. The smallest absolute Gasteiger partial charge is 0.429 e. The fraction of sp³-hybridized carbons (Fsp3) is 0.227. The number of carbonyl (C=O) groups is 1. The zero-order chi connectivity index (χ0) is 23.8. The van der Waals surface area contributed by atoms with Crippen LogP contribution in [0.25, 0.3) is 0 Å². The van der Waals surface area contributed by atoms with Crippen LogP contribution >= 0.6 is 8.60 Å². The first-order valence-corrected chi connectivity index (χ1v) is 10.7. The van der Waals surface area contributed by atoms with E-state index in [1.807, 2.05) is 13.8 Å². The van der Waals surface area contributed by atoms with E-state index in [-0.39, 0.29) is 31.3 Å². The number of carbonyl (C=O) groups excluding carboxylic acids is 1. The maximum atomic E-state index is 11.8. The minimum absolute atomic E-state index is 0.0270. The molecular formula is C22H26NO8P. The maximum absolute atomic E-state index is 11.8. The first-order valence-electron chi connectivity index (χ1n) is 9.65. The van der Waals surface area contributed by atoms with Gasteiger partial charge in [-0.1, -0.05) is 38.1 Å². The number of nitrogens with zero attached hydrogens (tertiary/aromatic N) is 1. The van der Waals surface area contributed by atoms with E-state index in [0.717, 1.165) is 0 Å². The molecule has 0 heterocycles. The number of benzene rings is 2. The van der Waals surface area contributed by atoms with Crippen molar-refractivity contribution in [3.63, 3.8) is 0 Å². The molecule has 0 aliphatic carbocycles. The Morgan fingerprint density at radius 3 is 2.00 bits per heavy atom. The van der Waals surface area contributed by atoms with Gasteiger partial charge in [-0.25, -0.2) is 4.79 Å². The molecule has 0 N–H and O–H groups in total. The Balaban J connectivity index is 0.00000249. The molecule has 0 saturated carbocycles. The van der Waals surface area contributed by atoms with E-state index in [2.05, 4.69) is 13.2 Å². The summed E-state index contributed by atoms with van der Waals surface area (Å²) < 4.78 is 26.5. The number of hydrogen-bond donors (Lipinski definition) is 0. The summed E-state index contributed by atoms with van der Waals surface area (Å²) in [6.07, 6.45) is 2.25. The van der Waals surface area contributed by atoms with Gasteiger partial charge in [0.2, 0.25) is 0 Å². The van der Waals surface area contributed by atoms with Crippen molar-refractivity contribution in [2.75, 3.05) is 13.2 Å². The summed E-state index contributed by atoms with van der Waals surface area (Å²) in [7, 11) is -1.60. The predicted octanol–water partition coefficient (Wildman–Crippen LogP) is 6.35. The number of nitro groups is 1. The topological polar surface area (TPSA) is 106 Å². The second kappa shape index (κ2) is 15.5. The van der Waals surface area contributed by atoms with E-state index >= 15 is 0 Å². The van der Waals surface area contributed by atoms with Gasteiger partial charge in [-0.15, -0.1) is 13.2 Å². The predicted molar refractivity (Wildman–Crippen MR) is 122 cm³/mol. The average Bonchev–Trinajstić information content (AvgIpc) is 2.82. The molecule has 0 fully saturated rings. The third-order valence-corrected chi connectivity index (χ3v) is 4.38. The van der Waals surface area contributed by atoms with Gasteiger partial charge in [0, 0.05) is 12.1 Å². The molecule has 9 nitrogen and oxygen atoms in total. The molecule has 172 valence electrons. The van der Waals surface area contributed by atoms with Crippen LogP contribution in [0.5, 0.6) is 11.5 Å². The molecule has 0 amide bonds. The minimum atomic E-state index is -1.60. The highest BCUT2D eigenvalue weighted by Gasteiger charge is 2.14. The SMILES string of the molecule is C=CCOP(OCC=C)Oc1ccc(COC(=O)Oc2ccc([N+](=O)[O-])cc2)cc1.CC. The Morgan fingerprint density at radius 2 is 1.50 bits per heavy atom. The van der Waals surface area contributed by atoms with E-state index in [4.69, 9.17) is 23.0 Å². The lowest BCUT2D eigenvalue weighted by Gasteiger charge is -2.15. The summed E-state index contributed by atoms with van der Waals surface area (Å²) >= 11 is 0. The lowest BCUT2D eigenvalue weighted by Crippen LogP contribution is -2.10. The fourth-order valence-corrected chi connectivity index (χ4v) is 2.88. The Bertz CT molecular complexity index is 843. The van der Waals surface area contributed by atoms with Gasteiger partial charge in [-0.05, 0) is 29.8 Å². The van der Waals surface area contributed by atoms with E-state index < -0.39 is 19.7 Å². The molecule has 2 aromatic carbocycles. The van der Waals surface area contributed by atoms with Crippen molar-refractivity contribution < 1.29 is 32.8 Å². The molecule has 2 aromatic rings. The highest BCUT2D eigenvalue weighted by atomic mass is 31.2. The third-order valence-electron chi connectivity index (χ3n) is 3.30. The molecule has 0 aliphatic rings. The van der Waals surface area contributed by atoms with Crippen LogP contribution in [0.3, 0.4) is 0 Å². The summed E-state index contributed by atoms with van der Waals surface area (Å²) in [5.41, 5.74) is 0.595. The lowest BCUT2D eigenvalue weighted by molar-refractivity contribution is -0.384.